The van der Waals surface area contributed by atoms with Crippen molar-refractivity contribution >= 4 is 16.9 Å². The molecule has 0 bridgehead atoms. The monoisotopic (exact) mass is 622 g/mol. The molecule has 3 aromatic heterocycles. The molecule has 1 atom stereocenters. The third kappa shape index (κ3) is 6.82. The Morgan fingerprint density at radius 1 is 1.11 bits per heavy atom. The van der Waals surface area contributed by atoms with Crippen molar-refractivity contribution in [3.63, 3.8) is 0 Å². The van der Waals surface area contributed by atoms with Gasteiger partial charge in [-0.3, -0.25) is 14.7 Å². The number of H-pyrrole nitrogens is 1. The van der Waals surface area contributed by atoms with Crippen molar-refractivity contribution in [1.82, 2.24) is 29.7 Å². The summed E-state index contributed by atoms with van der Waals surface area (Å²) < 4.78 is 48.6. The minimum absolute atomic E-state index is 0.00660. The number of rotatable bonds is 8. The molecule has 1 aromatic carbocycles. The van der Waals surface area contributed by atoms with Crippen LogP contribution in [0, 0.1) is 0 Å². The fraction of sp³-hybridized carbons (Fsp3) is 0.424. The molecule has 6 rings (SSSR count). The molecule has 45 heavy (non-hydrogen) atoms. The molecule has 4 aromatic rings. The molecule has 0 unspecified atom stereocenters. The molecule has 2 aliphatic rings. The van der Waals surface area contributed by atoms with Crippen LogP contribution < -0.4 is 4.74 Å². The van der Waals surface area contributed by atoms with E-state index in [9.17, 15) is 23.1 Å². The van der Waals surface area contributed by atoms with Crippen LogP contribution in [0.2, 0.25) is 0 Å². The van der Waals surface area contributed by atoms with E-state index in [1.165, 1.54) is 6.07 Å². The largest absolute Gasteiger partial charge is 0.455 e. The SMILES string of the molecule is CC[C@@H]1CN(C(=O)Cc2ccc(CN3CCN(C)CC3)c(C(F)(F)F)c2)Cc2cc(Oc3ccnc4[nH]c(CO)cc34)cnc21. The first kappa shape index (κ1) is 31.0. The molecule has 5 heterocycles. The first-order valence-electron chi connectivity index (χ1n) is 15.2. The summed E-state index contributed by atoms with van der Waals surface area (Å²) in [7, 11) is 2.01. The smallest absolute Gasteiger partial charge is 0.416 e. The number of aliphatic hydroxyl groups excluding tert-OH is 1. The number of amides is 1. The second-order valence-electron chi connectivity index (χ2n) is 12.0. The van der Waals surface area contributed by atoms with Crippen molar-refractivity contribution in [2.75, 3.05) is 39.8 Å². The fourth-order valence-corrected chi connectivity index (χ4v) is 6.21. The normalized spacial score (nSPS) is 17.9. The van der Waals surface area contributed by atoms with Crippen molar-refractivity contribution in [3.8, 4) is 11.5 Å². The first-order chi connectivity index (χ1) is 21.6. The number of pyridine rings is 2. The lowest BCUT2D eigenvalue weighted by molar-refractivity contribution is -0.138. The molecule has 0 spiro atoms. The molecule has 0 radical (unpaired) electrons. The van der Waals surface area contributed by atoms with Crippen LogP contribution in [0.5, 0.6) is 11.5 Å². The number of nitrogens with one attached hydrogen (secondary N) is 1. The Morgan fingerprint density at radius 3 is 2.64 bits per heavy atom. The minimum Gasteiger partial charge on any atom is -0.455 e. The lowest BCUT2D eigenvalue weighted by atomic mass is 9.92. The second-order valence-corrected chi connectivity index (χ2v) is 12.0. The van der Waals surface area contributed by atoms with Gasteiger partial charge in [0.1, 0.15) is 17.1 Å². The summed E-state index contributed by atoms with van der Waals surface area (Å²) in [5, 5.41) is 10.2. The van der Waals surface area contributed by atoms with Gasteiger partial charge in [-0.1, -0.05) is 19.1 Å². The molecule has 1 saturated heterocycles. The van der Waals surface area contributed by atoms with Crippen LogP contribution in [-0.2, 0) is 37.1 Å². The minimum atomic E-state index is -4.51. The summed E-state index contributed by atoms with van der Waals surface area (Å²) in [5.74, 6) is 0.797. The number of carbonyl (C=O) groups is 1. The van der Waals surface area contributed by atoms with Gasteiger partial charge < -0.3 is 24.6 Å². The maximum atomic E-state index is 14.1. The van der Waals surface area contributed by atoms with Gasteiger partial charge in [0, 0.05) is 63.6 Å². The number of aromatic amines is 1. The summed E-state index contributed by atoms with van der Waals surface area (Å²) in [6, 6.07) is 9.70. The lowest BCUT2D eigenvalue weighted by Crippen LogP contribution is -2.44. The Kier molecular flexibility index (Phi) is 8.80. The van der Waals surface area contributed by atoms with Gasteiger partial charge in [0.2, 0.25) is 5.91 Å². The number of hydrogen-bond acceptors (Lipinski definition) is 7. The molecule has 1 amide bonds. The van der Waals surface area contributed by atoms with Crippen LogP contribution >= 0.6 is 0 Å². The van der Waals surface area contributed by atoms with E-state index in [0.717, 1.165) is 42.2 Å². The van der Waals surface area contributed by atoms with E-state index in [4.69, 9.17) is 4.74 Å². The standard InChI is InChI=1S/C33H37F3N6O3/c1-3-22-18-42(19-24-14-26(16-38-31(22)24)45-29-6-7-37-32-27(29)15-25(20-43)39-32)30(44)13-21-4-5-23(28(12-21)33(34,35)36)17-41-10-8-40(2)9-11-41/h4-7,12,14-16,22,43H,3,8-11,13,17-20H2,1-2H3,(H,37,39)/t22-/m1/s1. The van der Waals surface area contributed by atoms with Crippen LogP contribution in [0.4, 0.5) is 13.2 Å². The van der Waals surface area contributed by atoms with Gasteiger partial charge in [0.05, 0.1) is 35.9 Å². The van der Waals surface area contributed by atoms with Gasteiger partial charge in [0.15, 0.2) is 0 Å². The Balaban J connectivity index is 1.19. The number of halogens is 3. The fourth-order valence-electron chi connectivity index (χ4n) is 6.21. The molecule has 9 nitrogen and oxygen atoms in total. The summed E-state index contributed by atoms with van der Waals surface area (Å²) >= 11 is 0. The Hall–Kier alpha value is -4.00. The van der Waals surface area contributed by atoms with E-state index in [0.29, 0.717) is 48.0 Å². The maximum Gasteiger partial charge on any atom is 0.416 e. The zero-order valence-electron chi connectivity index (χ0n) is 25.4. The summed E-state index contributed by atoms with van der Waals surface area (Å²) in [5.41, 5.74) is 2.85. The number of benzene rings is 1. The maximum absolute atomic E-state index is 14.1. The molecule has 2 aliphatic heterocycles. The summed E-state index contributed by atoms with van der Waals surface area (Å²) in [6.07, 6.45) is -0.615. The predicted molar refractivity (Wildman–Crippen MR) is 163 cm³/mol. The average Bonchev–Trinajstić information content (AvgIpc) is 3.46. The van der Waals surface area contributed by atoms with Gasteiger partial charge in [0.25, 0.3) is 0 Å². The zero-order chi connectivity index (χ0) is 31.7. The zero-order valence-corrected chi connectivity index (χ0v) is 25.4. The number of alkyl halides is 3. The molecule has 0 saturated carbocycles. The van der Waals surface area contributed by atoms with Crippen molar-refractivity contribution in [3.05, 3.63) is 82.4 Å². The Bertz CT molecular complexity index is 1680. The van der Waals surface area contributed by atoms with Crippen LogP contribution in [0.15, 0.2) is 48.8 Å². The Morgan fingerprint density at radius 2 is 1.91 bits per heavy atom. The quantitative estimate of drug-likeness (QED) is 0.283. The van der Waals surface area contributed by atoms with Gasteiger partial charge in [-0.25, -0.2) is 4.98 Å². The summed E-state index contributed by atoms with van der Waals surface area (Å²) in [6.45, 7) is 5.91. The van der Waals surface area contributed by atoms with E-state index in [1.807, 2.05) is 24.9 Å². The number of nitrogens with zero attached hydrogens (tertiary/aromatic N) is 5. The number of aromatic nitrogens is 3. The van der Waals surface area contributed by atoms with Gasteiger partial charge in [-0.05, 0) is 54.4 Å². The number of carbonyl (C=O) groups excluding carboxylic acids is 1. The molecular formula is C33H37F3N6O3. The number of ether oxygens (including phenoxy) is 1. The highest BCUT2D eigenvalue weighted by Crippen LogP contribution is 2.36. The van der Waals surface area contributed by atoms with Gasteiger partial charge in [-0.2, -0.15) is 13.2 Å². The average molecular weight is 623 g/mol. The van der Waals surface area contributed by atoms with E-state index < -0.39 is 11.7 Å². The first-order valence-corrected chi connectivity index (χ1v) is 15.2. The third-order valence-electron chi connectivity index (χ3n) is 8.78. The van der Waals surface area contributed by atoms with Crippen LogP contribution in [0.3, 0.4) is 0 Å². The number of piperazine rings is 1. The Labute approximate surface area is 259 Å². The highest BCUT2D eigenvalue weighted by molar-refractivity contribution is 5.83. The van der Waals surface area contributed by atoms with Gasteiger partial charge in [-0.15, -0.1) is 0 Å². The van der Waals surface area contributed by atoms with Gasteiger partial charge >= 0.3 is 6.18 Å². The molecule has 0 aliphatic carbocycles. The van der Waals surface area contributed by atoms with E-state index >= 15 is 0 Å². The van der Waals surface area contributed by atoms with Crippen LogP contribution in [0.1, 0.15) is 52.9 Å². The van der Waals surface area contributed by atoms with Crippen molar-refractivity contribution in [2.24, 2.45) is 0 Å². The van der Waals surface area contributed by atoms with E-state index in [2.05, 4.69) is 19.9 Å². The second kappa shape index (κ2) is 12.8. The number of aliphatic hydroxyl groups is 1. The van der Waals surface area contributed by atoms with E-state index in [1.54, 1.807) is 35.5 Å². The molecule has 12 heteroatoms. The number of fused-ring (bicyclic) bond motifs is 2. The molecular weight excluding hydrogens is 585 g/mol. The van der Waals surface area contributed by atoms with Crippen molar-refractivity contribution in [1.29, 1.82) is 0 Å². The number of likely N-dealkylation sites (N-methyl/N-ethyl adjacent to an activating group) is 1. The van der Waals surface area contributed by atoms with Crippen molar-refractivity contribution in [2.45, 2.75) is 51.6 Å². The topological polar surface area (TPSA) is 97.8 Å². The number of hydrogen-bond donors (Lipinski definition) is 2. The van der Waals surface area contributed by atoms with Crippen LogP contribution in [-0.4, -0.2) is 80.4 Å². The molecule has 1 fully saturated rings. The summed E-state index contributed by atoms with van der Waals surface area (Å²) in [4.78, 5) is 31.5. The molecule has 2 N–H and O–H groups in total. The van der Waals surface area contributed by atoms with E-state index in [-0.39, 0.29) is 43.5 Å². The predicted octanol–water partition coefficient (Wildman–Crippen LogP) is 5.09. The van der Waals surface area contributed by atoms with Crippen LogP contribution in [0.25, 0.3) is 11.0 Å². The molecule has 238 valence electrons. The van der Waals surface area contributed by atoms with Crippen molar-refractivity contribution < 1.29 is 27.8 Å². The highest BCUT2D eigenvalue weighted by atomic mass is 19.4. The highest BCUT2D eigenvalue weighted by Gasteiger charge is 2.35. The third-order valence-corrected chi connectivity index (χ3v) is 8.78. The lowest BCUT2D eigenvalue weighted by Gasteiger charge is -2.34.